The minimum Gasteiger partial charge on any atom is -0.284 e. The van der Waals surface area contributed by atoms with E-state index >= 15 is 0 Å². The molecule has 1 saturated heterocycles. The Kier molecular flexibility index (Phi) is 3.17. The van der Waals surface area contributed by atoms with Crippen molar-refractivity contribution in [1.29, 1.82) is 5.26 Å². The van der Waals surface area contributed by atoms with Crippen molar-refractivity contribution in [2.24, 2.45) is 0 Å². The zero-order valence-corrected chi connectivity index (χ0v) is 9.47. The van der Waals surface area contributed by atoms with Crippen LogP contribution in [0.25, 0.3) is 0 Å². The van der Waals surface area contributed by atoms with E-state index in [0.717, 1.165) is 6.42 Å². The van der Waals surface area contributed by atoms with Crippen LogP contribution in [0.3, 0.4) is 0 Å². The minimum atomic E-state index is -2.84. The van der Waals surface area contributed by atoms with Gasteiger partial charge in [-0.25, -0.2) is 8.42 Å². The first-order chi connectivity index (χ1) is 6.43. The molecular formula is C9H16N2O2S. The van der Waals surface area contributed by atoms with Crippen molar-refractivity contribution < 1.29 is 8.42 Å². The number of nitrogens with zero attached hydrogens (tertiary/aromatic N) is 2. The van der Waals surface area contributed by atoms with Gasteiger partial charge in [-0.2, -0.15) is 5.26 Å². The highest BCUT2D eigenvalue weighted by molar-refractivity contribution is 7.91. The van der Waals surface area contributed by atoms with Crippen LogP contribution in [0, 0.1) is 11.3 Å². The fourth-order valence-electron chi connectivity index (χ4n) is 1.58. The first-order valence-electron chi connectivity index (χ1n) is 4.80. The molecule has 0 aliphatic carbocycles. The first-order valence-corrected chi connectivity index (χ1v) is 6.62. The molecule has 1 rings (SSSR count). The van der Waals surface area contributed by atoms with Crippen LogP contribution in [0.15, 0.2) is 0 Å². The fourth-order valence-corrected chi connectivity index (χ4v) is 2.78. The third-order valence-electron chi connectivity index (χ3n) is 2.97. The molecule has 1 fully saturated rings. The van der Waals surface area contributed by atoms with Crippen LogP contribution in [0.2, 0.25) is 0 Å². The van der Waals surface area contributed by atoms with Gasteiger partial charge in [-0.1, -0.05) is 6.92 Å². The molecule has 0 aromatic rings. The van der Waals surface area contributed by atoms with Gasteiger partial charge in [0.1, 0.15) is 5.54 Å². The van der Waals surface area contributed by atoms with Gasteiger partial charge in [0.15, 0.2) is 9.84 Å². The van der Waals surface area contributed by atoms with Crippen LogP contribution in [-0.4, -0.2) is 43.5 Å². The average Bonchev–Trinajstić information content (AvgIpc) is 2.16. The molecule has 0 N–H and O–H groups in total. The summed E-state index contributed by atoms with van der Waals surface area (Å²) in [5, 5.41) is 9.03. The van der Waals surface area contributed by atoms with Crippen molar-refractivity contribution >= 4 is 9.84 Å². The van der Waals surface area contributed by atoms with Gasteiger partial charge in [-0.3, -0.25) is 4.90 Å². The summed E-state index contributed by atoms with van der Waals surface area (Å²) in [5.41, 5.74) is -0.504. The second-order valence-electron chi connectivity index (χ2n) is 3.88. The van der Waals surface area contributed by atoms with Gasteiger partial charge in [-0.05, 0) is 13.3 Å². The maximum absolute atomic E-state index is 11.2. The van der Waals surface area contributed by atoms with E-state index in [2.05, 4.69) is 6.07 Å². The van der Waals surface area contributed by atoms with Gasteiger partial charge in [0.2, 0.25) is 0 Å². The van der Waals surface area contributed by atoms with Crippen LogP contribution in [0.5, 0.6) is 0 Å². The fraction of sp³-hybridized carbons (Fsp3) is 0.889. The predicted molar refractivity (Wildman–Crippen MR) is 54.5 cm³/mol. The van der Waals surface area contributed by atoms with Crippen LogP contribution >= 0.6 is 0 Å². The summed E-state index contributed by atoms with van der Waals surface area (Å²) >= 11 is 0. The van der Waals surface area contributed by atoms with Crippen LogP contribution in [0.1, 0.15) is 20.3 Å². The smallest absolute Gasteiger partial charge is 0.152 e. The third-order valence-corrected chi connectivity index (χ3v) is 4.58. The quantitative estimate of drug-likeness (QED) is 0.670. The van der Waals surface area contributed by atoms with Crippen LogP contribution < -0.4 is 0 Å². The Hall–Kier alpha value is -0.600. The maximum Gasteiger partial charge on any atom is 0.152 e. The Morgan fingerprint density at radius 1 is 1.43 bits per heavy atom. The average molecular weight is 216 g/mol. The molecule has 0 aromatic heterocycles. The topological polar surface area (TPSA) is 61.2 Å². The van der Waals surface area contributed by atoms with Crippen molar-refractivity contribution in [2.75, 3.05) is 24.6 Å². The van der Waals surface area contributed by atoms with E-state index in [9.17, 15) is 8.42 Å². The summed E-state index contributed by atoms with van der Waals surface area (Å²) in [6, 6.07) is 2.26. The van der Waals surface area contributed by atoms with E-state index in [1.54, 1.807) is 0 Å². The molecule has 1 heterocycles. The number of hydrogen-bond donors (Lipinski definition) is 0. The van der Waals surface area contributed by atoms with Crippen molar-refractivity contribution in [3.05, 3.63) is 0 Å². The molecule has 5 heteroatoms. The van der Waals surface area contributed by atoms with E-state index < -0.39 is 15.4 Å². The Bertz CT molecular complexity index is 330. The molecule has 0 saturated carbocycles. The maximum atomic E-state index is 11.2. The summed E-state index contributed by atoms with van der Waals surface area (Å²) in [7, 11) is -2.84. The summed E-state index contributed by atoms with van der Waals surface area (Å²) in [4.78, 5) is 1.97. The lowest BCUT2D eigenvalue weighted by atomic mass is 9.98. The standard InChI is InChI=1S/C9H16N2O2S/c1-3-9(2,8-10)11-4-6-14(12,13)7-5-11/h3-7H2,1-2H3. The Balaban J connectivity index is 2.71. The van der Waals surface area contributed by atoms with Gasteiger partial charge in [0.05, 0.1) is 17.6 Å². The molecule has 80 valence electrons. The molecule has 14 heavy (non-hydrogen) atoms. The minimum absolute atomic E-state index is 0.185. The zero-order chi connectivity index (χ0) is 10.8. The number of nitriles is 1. The molecule has 1 aliphatic rings. The molecule has 0 aromatic carbocycles. The highest BCUT2D eigenvalue weighted by Gasteiger charge is 2.34. The van der Waals surface area contributed by atoms with Gasteiger partial charge >= 0.3 is 0 Å². The largest absolute Gasteiger partial charge is 0.284 e. The van der Waals surface area contributed by atoms with Crippen molar-refractivity contribution in [1.82, 2.24) is 4.90 Å². The number of hydrogen-bond acceptors (Lipinski definition) is 4. The molecule has 0 radical (unpaired) electrons. The molecule has 1 atom stereocenters. The summed E-state index contributed by atoms with van der Waals surface area (Å²) in [5.74, 6) is 0.370. The van der Waals surface area contributed by atoms with Gasteiger partial charge < -0.3 is 0 Å². The lowest BCUT2D eigenvalue weighted by molar-refractivity contribution is 0.161. The Morgan fingerprint density at radius 3 is 2.29 bits per heavy atom. The predicted octanol–water partition coefficient (Wildman–Crippen LogP) is 0.409. The number of sulfone groups is 1. The Morgan fingerprint density at radius 2 is 1.93 bits per heavy atom. The Labute approximate surface area is 85.4 Å². The second-order valence-corrected chi connectivity index (χ2v) is 6.18. The molecule has 0 bridgehead atoms. The number of rotatable bonds is 2. The third kappa shape index (κ3) is 2.25. The first kappa shape index (κ1) is 11.5. The molecule has 4 nitrogen and oxygen atoms in total. The van der Waals surface area contributed by atoms with E-state index in [-0.39, 0.29) is 11.5 Å². The van der Waals surface area contributed by atoms with Crippen LogP contribution in [-0.2, 0) is 9.84 Å². The SMILES string of the molecule is CCC(C)(C#N)N1CCS(=O)(=O)CC1. The van der Waals surface area contributed by atoms with Gasteiger partial charge in [-0.15, -0.1) is 0 Å². The monoisotopic (exact) mass is 216 g/mol. The highest BCUT2D eigenvalue weighted by Crippen LogP contribution is 2.20. The van der Waals surface area contributed by atoms with Crippen molar-refractivity contribution in [2.45, 2.75) is 25.8 Å². The van der Waals surface area contributed by atoms with E-state index in [0.29, 0.717) is 13.1 Å². The molecular weight excluding hydrogens is 200 g/mol. The van der Waals surface area contributed by atoms with Crippen molar-refractivity contribution in [3.8, 4) is 6.07 Å². The van der Waals surface area contributed by atoms with E-state index in [1.165, 1.54) is 0 Å². The van der Waals surface area contributed by atoms with Gasteiger partial charge in [0.25, 0.3) is 0 Å². The lowest BCUT2D eigenvalue weighted by Gasteiger charge is -2.37. The summed E-state index contributed by atoms with van der Waals surface area (Å²) in [6.45, 7) is 4.79. The van der Waals surface area contributed by atoms with Gasteiger partial charge in [0, 0.05) is 13.1 Å². The molecule has 1 aliphatic heterocycles. The van der Waals surface area contributed by atoms with E-state index in [4.69, 9.17) is 5.26 Å². The van der Waals surface area contributed by atoms with Crippen molar-refractivity contribution in [3.63, 3.8) is 0 Å². The van der Waals surface area contributed by atoms with Crippen LogP contribution in [0.4, 0.5) is 0 Å². The molecule has 0 amide bonds. The molecule has 1 unspecified atom stereocenters. The highest BCUT2D eigenvalue weighted by atomic mass is 32.2. The molecule has 0 spiro atoms. The summed E-state index contributed by atoms with van der Waals surface area (Å²) < 4.78 is 22.4. The second kappa shape index (κ2) is 3.87. The van der Waals surface area contributed by atoms with E-state index in [1.807, 2.05) is 18.7 Å². The normalized spacial score (nSPS) is 26.4. The summed E-state index contributed by atoms with van der Waals surface area (Å²) in [6.07, 6.45) is 0.726. The lowest BCUT2D eigenvalue weighted by Crippen LogP contribution is -2.52. The zero-order valence-electron chi connectivity index (χ0n) is 8.65.